The average molecular weight is 174 g/mol. The van der Waals surface area contributed by atoms with Crippen molar-refractivity contribution >= 4 is 0 Å². The summed E-state index contributed by atoms with van der Waals surface area (Å²) >= 11 is 0. The zero-order valence-corrected chi connectivity index (χ0v) is 6.24. The van der Waals surface area contributed by atoms with Gasteiger partial charge in [-0.2, -0.15) is 13.2 Å². The van der Waals surface area contributed by atoms with Crippen LogP contribution in [0.2, 0.25) is 0 Å². The molecule has 0 bridgehead atoms. The molecule has 0 spiro atoms. The van der Waals surface area contributed by atoms with E-state index in [-0.39, 0.29) is 0 Å². The minimum absolute atomic E-state index is 1.00. The Labute approximate surface area is 62.0 Å². The predicted molar refractivity (Wildman–Crippen MR) is 31.9 cm³/mol. The van der Waals surface area contributed by atoms with E-state index in [0.717, 1.165) is 13.8 Å². The Morgan fingerprint density at radius 1 is 1.27 bits per heavy atom. The molecule has 0 aromatic carbocycles. The molecule has 0 aromatic heterocycles. The lowest BCUT2D eigenvalue weighted by atomic mass is 10.0. The molecule has 0 saturated heterocycles. The third-order valence-corrected chi connectivity index (χ3v) is 1.18. The van der Waals surface area contributed by atoms with Crippen LogP contribution in [-0.4, -0.2) is 23.1 Å². The lowest BCUT2D eigenvalue weighted by Gasteiger charge is -2.22. The van der Waals surface area contributed by atoms with Gasteiger partial charge in [0.05, 0.1) is 12.0 Å². The van der Waals surface area contributed by atoms with Gasteiger partial charge in [0.25, 0.3) is 0 Å². The van der Waals surface area contributed by atoms with E-state index in [1.807, 2.05) is 0 Å². The maximum Gasteiger partial charge on any atom is 0.392 e. The quantitative estimate of drug-likeness (QED) is 0.635. The van der Waals surface area contributed by atoms with Gasteiger partial charge in [0.1, 0.15) is 6.17 Å². The highest BCUT2D eigenvalue weighted by Gasteiger charge is 2.38. The fraction of sp³-hybridized carbons (Fsp3) is 1.00. The number of aliphatic hydroxyl groups is 1. The number of rotatable bonds is 2. The molecule has 0 radical (unpaired) electrons. The molecule has 0 aliphatic heterocycles. The number of hydrogen-bond acceptors (Lipinski definition) is 1. The van der Waals surface area contributed by atoms with Crippen molar-refractivity contribution < 1.29 is 22.7 Å². The maximum atomic E-state index is 12.4. The predicted octanol–water partition coefficient (Wildman–Crippen LogP) is 2.05. The van der Waals surface area contributed by atoms with Crippen molar-refractivity contribution in [2.45, 2.75) is 38.2 Å². The average Bonchev–Trinajstić information content (AvgIpc) is 1.56. The van der Waals surface area contributed by atoms with E-state index in [1.54, 1.807) is 0 Å². The van der Waals surface area contributed by atoms with E-state index in [1.165, 1.54) is 0 Å². The molecule has 5 heteroatoms. The highest BCUT2D eigenvalue weighted by molar-refractivity contribution is 4.78. The van der Waals surface area contributed by atoms with Crippen LogP contribution in [0.4, 0.5) is 17.6 Å². The highest BCUT2D eigenvalue weighted by atomic mass is 19.4. The third kappa shape index (κ3) is 5.01. The summed E-state index contributed by atoms with van der Waals surface area (Å²) in [6.07, 6.45) is -8.42. The largest absolute Gasteiger partial charge is 0.392 e. The number of halogens is 4. The summed E-state index contributed by atoms with van der Waals surface area (Å²) in [6, 6.07) is 0. The Morgan fingerprint density at radius 3 is 1.73 bits per heavy atom. The van der Waals surface area contributed by atoms with Crippen molar-refractivity contribution in [1.82, 2.24) is 0 Å². The molecule has 0 saturated carbocycles. The molecule has 0 aliphatic rings. The fourth-order valence-electron chi connectivity index (χ4n) is 0.453. The highest BCUT2D eigenvalue weighted by Crippen LogP contribution is 2.27. The molecule has 0 aromatic rings. The van der Waals surface area contributed by atoms with Crippen molar-refractivity contribution in [1.29, 1.82) is 0 Å². The van der Waals surface area contributed by atoms with Crippen LogP contribution in [0.1, 0.15) is 20.3 Å². The molecule has 1 N–H and O–H groups in total. The van der Waals surface area contributed by atoms with Gasteiger partial charge in [0, 0.05) is 0 Å². The monoisotopic (exact) mass is 174 g/mol. The summed E-state index contributed by atoms with van der Waals surface area (Å²) in [6.45, 7) is 2.01. The second-order valence-corrected chi connectivity index (χ2v) is 2.94. The summed E-state index contributed by atoms with van der Waals surface area (Å²) in [7, 11) is 0. The third-order valence-electron chi connectivity index (χ3n) is 1.18. The Morgan fingerprint density at radius 2 is 1.64 bits per heavy atom. The Hall–Kier alpha value is -0.320. The van der Waals surface area contributed by atoms with Gasteiger partial charge < -0.3 is 5.11 Å². The second kappa shape index (κ2) is 2.97. The summed E-state index contributed by atoms with van der Waals surface area (Å²) in [5.41, 5.74) is -1.92. The minimum atomic E-state index is -4.56. The zero-order valence-electron chi connectivity index (χ0n) is 6.24. The van der Waals surface area contributed by atoms with Crippen LogP contribution in [0.3, 0.4) is 0 Å². The summed E-state index contributed by atoms with van der Waals surface area (Å²) in [5, 5.41) is 8.77. The van der Waals surface area contributed by atoms with Crippen LogP contribution in [0, 0.1) is 0 Å². The van der Waals surface area contributed by atoms with Crippen LogP contribution in [0.25, 0.3) is 0 Å². The number of hydrogen-bond donors (Lipinski definition) is 1. The van der Waals surface area contributed by atoms with Gasteiger partial charge in [-0.15, -0.1) is 0 Å². The van der Waals surface area contributed by atoms with E-state index < -0.39 is 24.4 Å². The first-order chi connectivity index (χ1) is 4.63. The molecular weight excluding hydrogens is 164 g/mol. The van der Waals surface area contributed by atoms with E-state index >= 15 is 0 Å². The lowest BCUT2D eigenvalue weighted by Crippen LogP contribution is -2.36. The molecule has 1 atom stereocenters. The van der Waals surface area contributed by atoms with Gasteiger partial charge in [0.2, 0.25) is 0 Å². The van der Waals surface area contributed by atoms with Crippen LogP contribution in [-0.2, 0) is 0 Å². The van der Waals surface area contributed by atoms with Gasteiger partial charge in [0.15, 0.2) is 0 Å². The molecule has 1 unspecified atom stereocenters. The standard InChI is InChI=1S/C6H10F4O/c1-5(2,11)4(7)3-6(8,9)10/h4,11H,3H2,1-2H3. The lowest BCUT2D eigenvalue weighted by molar-refractivity contribution is -0.163. The molecule has 0 heterocycles. The zero-order chi connectivity index (χ0) is 9.28. The van der Waals surface area contributed by atoms with Crippen LogP contribution >= 0.6 is 0 Å². The van der Waals surface area contributed by atoms with E-state index in [4.69, 9.17) is 5.11 Å². The van der Waals surface area contributed by atoms with Crippen molar-refractivity contribution in [2.24, 2.45) is 0 Å². The molecule has 68 valence electrons. The molecule has 11 heavy (non-hydrogen) atoms. The normalized spacial score (nSPS) is 16.6. The second-order valence-electron chi connectivity index (χ2n) is 2.94. The fourth-order valence-corrected chi connectivity index (χ4v) is 0.453. The van der Waals surface area contributed by atoms with Gasteiger partial charge in [-0.1, -0.05) is 0 Å². The van der Waals surface area contributed by atoms with Crippen LogP contribution < -0.4 is 0 Å². The summed E-state index contributed by atoms with van der Waals surface area (Å²) in [5.74, 6) is 0. The van der Waals surface area contributed by atoms with E-state index in [9.17, 15) is 17.6 Å². The first-order valence-corrected chi connectivity index (χ1v) is 3.06. The molecule has 0 amide bonds. The van der Waals surface area contributed by atoms with Crippen LogP contribution in [0.5, 0.6) is 0 Å². The maximum absolute atomic E-state index is 12.4. The Bertz CT molecular complexity index is 124. The molecule has 0 rings (SSSR count). The first-order valence-electron chi connectivity index (χ1n) is 3.06. The minimum Gasteiger partial charge on any atom is -0.387 e. The van der Waals surface area contributed by atoms with Crippen molar-refractivity contribution in [3.63, 3.8) is 0 Å². The molecule has 0 fully saturated rings. The Balaban J connectivity index is 3.99. The van der Waals surface area contributed by atoms with Gasteiger partial charge in [-0.25, -0.2) is 4.39 Å². The Kier molecular flexibility index (Phi) is 2.88. The van der Waals surface area contributed by atoms with Gasteiger partial charge in [-0.05, 0) is 13.8 Å². The van der Waals surface area contributed by atoms with Crippen molar-refractivity contribution in [2.75, 3.05) is 0 Å². The summed E-state index contributed by atoms with van der Waals surface area (Å²) < 4.78 is 46.9. The van der Waals surface area contributed by atoms with E-state index in [2.05, 4.69) is 0 Å². The van der Waals surface area contributed by atoms with Gasteiger partial charge >= 0.3 is 6.18 Å². The van der Waals surface area contributed by atoms with Crippen LogP contribution in [0.15, 0.2) is 0 Å². The molecule has 1 nitrogen and oxygen atoms in total. The van der Waals surface area contributed by atoms with Gasteiger partial charge in [-0.3, -0.25) is 0 Å². The van der Waals surface area contributed by atoms with Crippen molar-refractivity contribution in [3.05, 3.63) is 0 Å². The number of alkyl halides is 4. The smallest absolute Gasteiger partial charge is 0.387 e. The molecular formula is C6H10F4O. The van der Waals surface area contributed by atoms with Crippen molar-refractivity contribution in [3.8, 4) is 0 Å². The van der Waals surface area contributed by atoms with E-state index in [0.29, 0.717) is 0 Å². The molecule has 0 aliphatic carbocycles. The topological polar surface area (TPSA) is 20.2 Å². The summed E-state index contributed by atoms with van der Waals surface area (Å²) in [4.78, 5) is 0. The SMILES string of the molecule is CC(C)(O)C(F)CC(F)(F)F. The first kappa shape index (κ1) is 10.7.